The van der Waals surface area contributed by atoms with Crippen LogP contribution in [0, 0.1) is 5.92 Å². The zero-order valence-corrected chi connectivity index (χ0v) is 18.1. The molecule has 1 amide bonds. The fourth-order valence-electron chi connectivity index (χ4n) is 3.47. The molecule has 2 aromatic heterocycles. The highest BCUT2D eigenvalue weighted by atomic mass is 79.9. The van der Waals surface area contributed by atoms with Crippen molar-refractivity contribution in [1.29, 1.82) is 0 Å². The highest BCUT2D eigenvalue weighted by Crippen LogP contribution is 2.35. The fraction of sp³-hybridized carbons (Fsp3) is 0.300. The van der Waals surface area contributed by atoms with E-state index in [1.165, 1.54) is 28.1 Å². The monoisotopic (exact) mass is 474 g/mol. The maximum absolute atomic E-state index is 12.9. The minimum Gasteiger partial charge on any atom is -0.507 e. The second-order valence-corrected chi connectivity index (χ2v) is 9.21. The van der Waals surface area contributed by atoms with Crippen LogP contribution in [0.4, 0.5) is 0 Å². The van der Waals surface area contributed by atoms with Gasteiger partial charge in [-0.15, -0.1) is 11.3 Å². The molecule has 3 aromatic rings. The summed E-state index contributed by atoms with van der Waals surface area (Å²) in [6.07, 6.45) is 5.68. The van der Waals surface area contributed by atoms with Gasteiger partial charge in [0.25, 0.3) is 11.5 Å². The molecule has 0 unspecified atom stereocenters. The van der Waals surface area contributed by atoms with Gasteiger partial charge < -0.3 is 5.11 Å². The number of carbonyl (C=O) groups is 1. The molecular formula is C20H19BrN4O3S. The predicted octanol–water partition coefficient (Wildman–Crippen LogP) is 3.20. The maximum atomic E-state index is 12.9. The number of fused-ring (bicyclic) bond motifs is 3. The molecule has 1 aliphatic carbocycles. The highest BCUT2D eigenvalue weighted by Gasteiger charge is 2.23. The number of hydrogen-bond donors (Lipinski definition) is 2. The molecule has 2 heterocycles. The summed E-state index contributed by atoms with van der Waals surface area (Å²) >= 11 is 4.89. The first-order valence-electron chi connectivity index (χ1n) is 9.22. The molecule has 0 fully saturated rings. The van der Waals surface area contributed by atoms with Crippen molar-refractivity contribution in [3.05, 3.63) is 55.4 Å². The zero-order valence-electron chi connectivity index (χ0n) is 15.7. The Bertz CT molecular complexity index is 1180. The molecule has 1 atom stereocenters. The maximum Gasteiger partial charge on any atom is 0.262 e. The van der Waals surface area contributed by atoms with Crippen LogP contribution in [-0.2, 0) is 24.2 Å². The first-order valence-corrected chi connectivity index (χ1v) is 10.8. The van der Waals surface area contributed by atoms with Crippen molar-refractivity contribution in [2.75, 3.05) is 0 Å². The molecule has 2 N–H and O–H groups in total. The summed E-state index contributed by atoms with van der Waals surface area (Å²) in [6.45, 7) is 2.04. The van der Waals surface area contributed by atoms with Crippen molar-refractivity contribution in [3.8, 4) is 5.75 Å². The third-order valence-corrected chi connectivity index (χ3v) is 6.63. The van der Waals surface area contributed by atoms with Gasteiger partial charge in [0.2, 0.25) is 0 Å². The number of benzene rings is 1. The number of aryl methyl sites for hydroxylation is 1. The normalized spacial score (nSPS) is 16.3. The van der Waals surface area contributed by atoms with E-state index in [1.807, 2.05) is 0 Å². The van der Waals surface area contributed by atoms with Gasteiger partial charge in [0, 0.05) is 14.9 Å². The van der Waals surface area contributed by atoms with E-state index in [4.69, 9.17) is 0 Å². The van der Waals surface area contributed by atoms with Gasteiger partial charge in [-0.2, -0.15) is 5.10 Å². The van der Waals surface area contributed by atoms with E-state index in [0.29, 0.717) is 16.9 Å². The van der Waals surface area contributed by atoms with Crippen LogP contribution < -0.4 is 11.0 Å². The number of rotatable bonds is 4. The molecule has 0 radical (unpaired) electrons. The molecule has 0 aliphatic heterocycles. The number of aromatic hydroxyl groups is 1. The van der Waals surface area contributed by atoms with E-state index in [-0.39, 0.29) is 17.9 Å². The van der Waals surface area contributed by atoms with Crippen LogP contribution in [0.25, 0.3) is 10.2 Å². The third-order valence-electron chi connectivity index (χ3n) is 4.98. The second kappa shape index (κ2) is 8.08. The number of hydrazone groups is 1. The Balaban J connectivity index is 1.51. The first kappa shape index (κ1) is 19.8. The van der Waals surface area contributed by atoms with Crippen LogP contribution in [0.5, 0.6) is 5.75 Å². The Morgan fingerprint density at radius 3 is 3.17 bits per heavy atom. The zero-order chi connectivity index (χ0) is 20.5. The number of nitrogens with zero attached hydrogens (tertiary/aromatic N) is 3. The summed E-state index contributed by atoms with van der Waals surface area (Å²) < 4.78 is 2.09. The van der Waals surface area contributed by atoms with Gasteiger partial charge in [-0.05, 0) is 48.9 Å². The van der Waals surface area contributed by atoms with Crippen molar-refractivity contribution in [1.82, 2.24) is 15.0 Å². The van der Waals surface area contributed by atoms with Crippen molar-refractivity contribution < 1.29 is 9.90 Å². The molecule has 29 heavy (non-hydrogen) atoms. The van der Waals surface area contributed by atoms with Crippen LogP contribution in [-0.4, -0.2) is 26.8 Å². The lowest BCUT2D eigenvalue weighted by Crippen LogP contribution is -2.30. The van der Waals surface area contributed by atoms with E-state index >= 15 is 0 Å². The summed E-state index contributed by atoms with van der Waals surface area (Å²) in [5.41, 5.74) is 3.75. The average molecular weight is 475 g/mol. The quantitative estimate of drug-likeness (QED) is 0.448. The van der Waals surface area contributed by atoms with Crippen molar-refractivity contribution in [2.45, 2.75) is 32.7 Å². The number of amides is 1. The topological polar surface area (TPSA) is 96.6 Å². The second-order valence-electron chi connectivity index (χ2n) is 7.21. The minimum atomic E-state index is -0.447. The number of hydrogen-bond acceptors (Lipinski definition) is 6. The average Bonchev–Trinajstić information content (AvgIpc) is 3.05. The minimum absolute atomic E-state index is 0.0496. The Morgan fingerprint density at radius 2 is 2.34 bits per heavy atom. The molecule has 0 saturated heterocycles. The van der Waals surface area contributed by atoms with Gasteiger partial charge in [-0.3, -0.25) is 14.2 Å². The number of phenolic OH excluding ortho intramolecular Hbond substituents is 1. The summed E-state index contributed by atoms with van der Waals surface area (Å²) in [5.74, 6) is 0.219. The van der Waals surface area contributed by atoms with Gasteiger partial charge in [0.1, 0.15) is 17.1 Å². The third kappa shape index (κ3) is 4.11. The predicted molar refractivity (Wildman–Crippen MR) is 117 cm³/mol. The van der Waals surface area contributed by atoms with Crippen LogP contribution in [0.2, 0.25) is 0 Å². The van der Waals surface area contributed by atoms with Crippen molar-refractivity contribution in [2.24, 2.45) is 11.0 Å². The largest absolute Gasteiger partial charge is 0.507 e. The Morgan fingerprint density at radius 1 is 1.52 bits per heavy atom. The van der Waals surface area contributed by atoms with E-state index in [9.17, 15) is 14.7 Å². The Labute approximate surface area is 179 Å². The summed E-state index contributed by atoms with van der Waals surface area (Å²) in [7, 11) is 0. The molecule has 0 bridgehead atoms. The van der Waals surface area contributed by atoms with Crippen LogP contribution in [0.3, 0.4) is 0 Å². The molecule has 1 aliphatic rings. The lowest BCUT2D eigenvalue weighted by molar-refractivity contribution is -0.121. The number of carbonyl (C=O) groups excluding carboxylic acids is 1. The standard InChI is InChI=1S/C20H19BrN4O3S/c1-11-2-4-14-16(6-11)29-19-18(14)20(28)25(10-22-19)9-17(27)24-23-8-12-7-13(21)3-5-15(12)26/h3,5,7-8,10-11,26H,2,4,6,9H2,1H3,(H,24,27)/b23-8+/t11-/m0/s1. The molecular weight excluding hydrogens is 456 g/mol. The first-order chi connectivity index (χ1) is 13.9. The molecule has 0 spiro atoms. The lowest BCUT2D eigenvalue weighted by atomic mass is 9.89. The van der Waals surface area contributed by atoms with Gasteiger partial charge in [0.15, 0.2) is 0 Å². The molecule has 4 rings (SSSR count). The SMILES string of the molecule is C[C@H]1CCc2c(sc3ncn(CC(=O)N/N=C/c4cc(Br)ccc4O)c(=O)c23)C1. The molecule has 7 nitrogen and oxygen atoms in total. The van der Waals surface area contributed by atoms with Gasteiger partial charge in [0.05, 0.1) is 17.9 Å². The van der Waals surface area contributed by atoms with Gasteiger partial charge in [-0.1, -0.05) is 22.9 Å². The summed E-state index contributed by atoms with van der Waals surface area (Å²) in [4.78, 5) is 31.5. The number of phenols is 1. The van der Waals surface area contributed by atoms with E-state index in [0.717, 1.165) is 34.1 Å². The molecule has 1 aromatic carbocycles. The smallest absolute Gasteiger partial charge is 0.262 e. The Hall–Kier alpha value is -2.52. The number of thiophene rings is 1. The number of halogens is 1. The molecule has 0 saturated carbocycles. The number of nitrogens with one attached hydrogen (secondary N) is 1. The van der Waals surface area contributed by atoms with Crippen LogP contribution in [0.15, 0.2) is 38.9 Å². The van der Waals surface area contributed by atoms with E-state index < -0.39 is 5.91 Å². The molecule has 150 valence electrons. The molecule has 9 heteroatoms. The lowest BCUT2D eigenvalue weighted by Gasteiger charge is -2.17. The van der Waals surface area contributed by atoms with Gasteiger partial charge >= 0.3 is 0 Å². The van der Waals surface area contributed by atoms with Crippen molar-refractivity contribution in [3.63, 3.8) is 0 Å². The van der Waals surface area contributed by atoms with Crippen LogP contribution >= 0.6 is 27.3 Å². The summed E-state index contributed by atoms with van der Waals surface area (Å²) in [5, 5.41) is 14.3. The highest BCUT2D eigenvalue weighted by molar-refractivity contribution is 9.10. The van der Waals surface area contributed by atoms with E-state index in [1.54, 1.807) is 23.5 Å². The number of aromatic nitrogens is 2. The van der Waals surface area contributed by atoms with Crippen molar-refractivity contribution >= 4 is 49.6 Å². The van der Waals surface area contributed by atoms with E-state index in [2.05, 4.69) is 38.4 Å². The van der Waals surface area contributed by atoms with Gasteiger partial charge in [-0.25, -0.2) is 10.4 Å². The fourth-order valence-corrected chi connectivity index (χ4v) is 5.19. The van der Waals surface area contributed by atoms with Crippen LogP contribution in [0.1, 0.15) is 29.3 Å². The summed E-state index contributed by atoms with van der Waals surface area (Å²) in [6, 6.07) is 4.90. The Kier molecular flexibility index (Phi) is 5.51.